The Morgan fingerprint density at radius 1 is 1.50 bits per heavy atom. The number of ether oxygens (including phenoxy) is 2. The predicted molar refractivity (Wildman–Crippen MR) is 75.9 cm³/mol. The highest BCUT2D eigenvalue weighted by atomic mass is 16.6. The molecule has 0 aromatic carbocycles. The van der Waals surface area contributed by atoms with Crippen molar-refractivity contribution < 1.29 is 9.47 Å². The Kier molecular flexibility index (Phi) is 4.03. The third kappa shape index (κ3) is 2.59. The largest absolute Gasteiger partial charge is 0.378 e. The molecule has 0 aliphatic carbocycles. The fraction of sp³-hybridized carbons (Fsp3) is 0.667. The molecule has 0 amide bonds. The summed E-state index contributed by atoms with van der Waals surface area (Å²) in [6, 6.07) is 2.21. The van der Waals surface area contributed by atoms with E-state index in [1.54, 1.807) is 0 Å². The zero-order chi connectivity index (χ0) is 14.0. The summed E-state index contributed by atoms with van der Waals surface area (Å²) >= 11 is 0. The average molecular weight is 277 g/mol. The summed E-state index contributed by atoms with van der Waals surface area (Å²) in [7, 11) is 0. The van der Waals surface area contributed by atoms with Crippen LogP contribution in [-0.4, -0.2) is 30.4 Å². The van der Waals surface area contributed by atoms with Crippen LogP contribution in [0.2, 0.25) is 0 Å². The van der Waals surface area contributed by atoms with E-state index in [2.05, 4.69) is 23.4 Å². The van der Waals surface area contributed by atoms with Gasteiger partial charge in [0.25, 0.3) is 0 Å². The van der Waals surface area contributed by atoms with Gasteiger partial charge in [0.05, 0.1) is 12.2 Å². The lowest BCUT2D eigenvalue weighted by Crippen LogP contribution is -2.45. The fourth-order valence-electron chi connectivity index (χ4n) is 3.53. The van der Waals surface area contributed by atoms with E-state index in [4.69, 9.17) is 15.3 Å². The Balaban J connectivity index is 1.81. The molecule has 2 saturated heterocycles. The lowest BCUT2D eigenvalue weighted by molar-refractivity contribution is -0.103. The third-order valence-electron chi connectivity index (χ3n) is 4.65. The molecule has 110 valence electrons. The van der Waals surface area contributed by atoms with Crippen molar-refractivity contribution in [3.63, 3.8) is 0 Å². The third-order valence-corrected chi connectivity index (χ3v) is 4.65. The zero-order valence-corrected chi connectivity index (χ0v) is 12.0. The first-order valence-electron chi connectivity index (χ1n) is 7.32. The summed E-state index contributed by atoms with van der Waals surface area (Å²) < 4.78 is 11.6. The molecule has 3 N–H and O–H groups in total. The molecule has 1 spiro atoms. The van der Waals surface area contributed by atoms with E-state index in [-0.39, 0.29) is 11.6 Å². The lowest BCUT2D eigenvalue weighted by atomic mass is 9.78. The highest BCUT2D eigenvalue weighted by Crippen LogP contribution is 2.41. The van der Waals surface area contributed by atoms with Crippen molar-refractivity contribution in [2.24, 2.45) is 11.8 Å². The molecule has 0 bridgehead atoms. The van der Waals surface area contributed by atoms with Crippen LogP contribution in [0.1, 0.15) is 36.4 Å². The van der Waals surface area contributed by atoms with Gasteiger partial charge in [-0.2, -0.15) is 0 Å². The van der Waals surface area contributed by atoms with Crippen LogP contribution in [0, 0.1) is 12.8 Å². The number of aromatic nitrogens is 1. The first-order valence-corrected chi connectivity index (χ1v) is 7.32. The maximum atomic E-state index is 6.01. The maximum Gasteiger partial charge on any atom is 0.0940 e. The smallest absolute Gasteiger partial charge is 0.0940 e. The van der Waals surface area contributed by atoms with Crippen molar-refractivity contribution in [3.05, 3.63) is 29.6 Å². The van der Waals surface area contributed by atoms with Gasteiger partial charge in [0.1, 0.15) is 0 Å². The summed E-state index contributed by atoms with van der Waals surface area (Å²) in [4.78, 5) is 4.16. The van der Waals surface area contributed by atoms with Gasteiger partial charge in [-0.3, -0.25) is 16.3 Å². The summed E-state index contributed by atoms with van der Waals surface area (Å²) in [5.74, 6) is 6.32. The SMILES string of the molecule is Cc1cnccc1C(NN)C1CCOC2(CCOC2)C1. The van der Waals surface area contributed by atoms with Crippen LogP contribution in [0.3, 0.4) is 0 Å². The molecule has 5 nitrogen and oxygen atoms in total. The van der Waals surface area contributed by atoms with E-state index in [0.29, 0.717) is 5.92 Å². The minimum absolute atomic E-state index is 0.0844. The number of hydrogen-bond acceptors (Lipinski definition) is 5. The van der Waals surface area contributed by atoms with Crippen molar-refractivity contribution >= 4 is 0 Å². The van der Waals surface area contributed by atoms with Gasteiger partial charge in [0.15, 0.2) is 0 Å². The molecule has 20 heavy (non-hydrogen) atoms. The average Bonchev–Trinajstić information content (AvgIpc) is 2.90. The van der Waals surface area contributed by atoms with Gasteiger partial charge in [-0.05, 0) is 42.9 Å². The Bertz CT molecular complexity index is 460. The molecule has 0 radical (unpaired) electrons. The summed E-state index contributed by atoms with van der Waals surface area (Å²) in [6.45, 7) is 4.40. The lowest BCUT2D eigenvalue weighted by Gasteiger charge is -2.40. The summed E-state index contributed by atoms with van der Waals surface area (Å²) in [5, 5.41) is 0. The van der Waals surface area contributed by atoms with Gasteiger partial charge in [-0.25, -0.2) is 0 Å². The summed E-state index contributed by atoms with van der Waals surface area (Å²) in [6.07, 6.45) is 6.76. The molecule has 3 heterocycles. The van der Waals surface area contributed by atoms with E-state index >= 15 is 0 Å². The zero-order valence-electron chi connectivity index (χ0n) is 12.0. The minimum atomic E-state index is -0.0844. The van der Waals surface area contributed by atoms with E-state index < -0.39 is 0 Å². The number of hydrazine groups is 1. The van der Waals surface area contributed by atoms with Gasteiger partial charge in [0, 0.05) is 38.1 Å². The highest BCUT2D eigenvalue weighted by molar-refractivity contribution is 5.26. The van der Waals surface area contributed by atoms with E-state index in [1.165, 1.54) is 11.1 Å². The first-order chi connectivity index (χ1) is 9.74. The molecule has 3 atom stereocenters. The second kappa shape index (κ2) is 5.77. The number of nitrogens with zero attached hydrogens (tertiary/aromatic N) is 1. The topological polar surface area (TPSA) is 69.4 Å². The van der Waals surface area contributed by atoms with Crippen molar-refractivity contribution in [1.82, 2.24) is 10.4 Å². The molecule has 1 aromatic heterocycles. The van der Waals surface area contributed by atoms with Crippen LogP contribution in [0.15, 0.2) is 18.5 Å². The standard InChI is InChI=1S/C15H23N3O2/c1-11-9-17-5-2-13(11)14(18-16)12-3-6-20-15(8-12)4-7-19-10-15/h2,5,9,12,14,18H,3-4,6-8,10,16H2,1H3. The van der Waals surface area contributed by atoms with Gasteiger partial charge in [-0.1, -0.05) is 0 Å². The molecular formula is C15H23N3O2. The highest BCUT2D eigenvalue weighted by Gasteiger charge is 2.43. The molecular weight excluding hydrogens is 254 g/mol. The van der Waals surface area contributed by atoms with Crippen molar-refractivity contribution in [1.29, 1.82) is 0 Å². The molecule has 1 aromatic rings. The van der Waals surface area contributed by atoms with Crippen LogP contribution in [0.4, 0.5) is 0 Å². The number of pyridine rings is 1. The normalized spacial score (nSPS) is 31.6. The van der Waals surface area contributed by atoms with Gasteiger partial charge >= 0.3 is 0 Å². The molecule has 2 aliphatic heterocycles. The van der Waals surface area contributed by atoms with Crippen molar-refractivity contribution in [3.8, 4) is 0 Å². The molecule has 5 heteroatoms. The van der Waals surface area contributed by atoms with Crippen LogP contribution in [0.5, 0.6) is 0 Å². The molecule has 3 unspecified atom stereocenters. The molecule has 2 aliphatic rings. The van der Waals surface area contributed by atoms with Crippen LogP contribution in [0.25, 0.3) is 0 Å². The van der Waals surface area contributed by atoms with Crippen LogP contribution < -0.4 is 11.3 Å². The first kappa shape index (κ1) is 13.9. The second-order valence-electron chi connectivity index (χ2n) is 5.96. The quantitative estimate of drug-likeness (QED) is 0.647. The van der Waals surface area contributed by atoms with E-state index in [1.807, 2.05) is 12.4 Å². The Morgan fingerprint density at radius 3 is 3.10 bits per heavy atom. The van der Waals surface area contributed by atoms with Crippen molar-refractivity contribution in [2.45, 2.75) is 37.8 Å². The van der Waals surface area contributed by atoms with E-state index in [0.717, 1.165) is 39.1 Å². The number of aryl methyl sites for hydroxylation is 1. The van der Waals surface area contributed by atoms with Crippen molar-refractivity contribution in [2.75, 3.05) is 19.8 Å². The molecule has 3 rings (SSSR count). The molecule has 2 fully saturated rings. The summed E-state index contributed by atoms with van der Waals surface area (Å²) in [5.41, 5.74) is 5.35. The number of rotatable bonds is 3. The van der Waals surface area contributed by atoms with E-state index in [9.17, 15) is 0 Å². The van der Waals surface area contributed by atoms with Gasteiger partial charge in [0.2, 0.25) is 0 Å². The fourth-order valence-corrected chi connectivity index (χ4v) is 3.53. The Labute approximate surface area is 119 Å². The second-order valence-corrected chi connectivity index (χ2v) is 5.96. The van der Waals surface area contributed by atoms with Crippen LogP contribution in [-0.2, 0) is 9.47 Å². The Morgan fingerprint density at radius 2 is 2.40 bits per heavy atom. The number of nitrogens with one attached hydrogen (secondary N) is 1. The maximum absolute atomic E-state index is 6.01. The predicted octanol–water partition coefficient (Wildman–Crippen LogP) is 1.48. The number of nitrogens with two attached hydrogens (primary N) is 1. The van der Waals surface area contributed by atoms with Crippen LogP contribution >= 0.6 is 0 Å². The number of hydrogen-bond donors (Lipinski definition) is 2. The van der Waals surface area contributed by atoms with Gasteiger partial charge < -0.3 is 9.47 Å². The minimum Gasteiger partial charge on any atom is -0.378 e. The Hall–Kier alpha value is -1.01. The molecule has 0 saturated carbocycles. The monoisotopic (exact) mass is 277 g/mol. The van der Waals surface area contributed by atoms with Gasteiger partial charge in [-0.15, -0.1) is 0 Å².